The number of anilines is 1. The Balaban J connectivity index is 2.10. The average Bonchev–Trinajstić information content (AvgIpc) is 2.87. The van der Waals surface area contributed by atoms with Crippen LogP contribution in [0.3, 0.4) is 0 Å². The van der Waals surface area contributed by atoms with Crippen LogP contribution in [0.1, 0.15) is 32.1 Å². The van der Waals surface area contributed by atoms with Gasteiger partial charge in [-0.1, -0.05) is 17.7 Å². The Hall–Kier alpha value is -2.80. The minimum Gasteiger partial charge on any atom is -0.465 e. The zero-order valence-corrected chi connectivity index (χ0v) is 15.7. The van der Waals surface area contributed by atoms with Gasteiger partial charge in [0.25, 0.3) is 5.91 Å². The SMILES string of the molecule is COC(=O)c1c(C)[nH]c(C(=O)N(C)CC(=O)Nc2cccc(Cl)c2)c1C. The zero-order valence-electron chi connectivity index (χ0n) is 15.0. The smallest absolute Gasteiger partial charge is 0.339 e. The molecule has 7 nitrogen and oxygen atoms in total. The topological polar surface area (TPSA) is 91.5 Å². The fourth-order valence-electron chi connectivity index (χ4n) is 2.62. The summed E-state index contributed by atoms with van der Waals surface area (Å²) in [5.41, 5.74) is 2.15. The van der Waals surface area contributed by atoms with E-state index in [4.69, 9.17) is 16.3 Å². The Labute approximate surface area is 156 Å². The third-order valence-corrected chi connectivity index (χ3v) is 4.11. The summed E-state index contributed by atoms with van der Waals surface area (Å²) in [6, 6.07) is 6.73. The maximum Gasteiger partial charge on any atom is 0.339 e. The molecule has 26 heavy (non-hydrogen) atoms. The fourth-order valence-corrected chi connectivity index (χ4v) is 2.81. The number of aromatic amines is 1. The van der Waals surface area contributed by atoms with Gasteiger partial charge in [0.15, 0.2) is 0 Å². The molecule has 2 rings (SSSR count). The zero-order chi connectivity index (χ0) is 19.4. The van der Waals surface area contributed by atoms with Crippen LogP contribution in [0.2, 0.25) is 5.02 Å². The number of nitrogens with one attached hydrogen (secondary N) is 2. The lowest BCUT2D eigenvalue weighted by atomic mass is 10.1. The second-order valence-electron chi connectivity index (χ2n) is 5.84. The van der Waals surface area contributed by atoms with E-state index in [9.17, 15) is 14.4 Å². The number of likely N-dealkylation sites (N-methyl/N-ethyl adjacent to an activating group) is 1. The van der Waals surface area contributed by atoms with Crippen molar-refractivity contribution < 1.29 is 19.1 Å². The van der Waals surface area contributed by atoms with Crippen molar-refractivity contribution in [3.63, 3.8) is 0 Å². The van der Waals surface area contributed by atoms with Crippen molar-refractivity contribution in [2.24, 2.45) is 0 Å². The molecule has 1 aromatic carbocycles. The summed E-state index contributed by atoms with van der Waals surface area (Å²) in [4.78, 5) is 40.8. The Kier molecular flexibility index (Phi) is 6.05. The van der Waals surface area contributed by atoms with Gasteiger partial charge >= 0.3 is 5.97 Å². The summed E-state index contributed by atoms with van der Waals surface area (Å²) in [5, 5.41) is 3.18. The molecule has 0 aliphatic heterocycles. The highest BCUT2D eigenvalue weighted by Gasteiger charge is 2.25. The molecule has 2 aromatic rings. The Morgan fingerprint density at radius 1 is 1.27 bits per heavy atom. The number of aromatic nitrogens is 1. The van der Waals surface area contributed by atoms with Crippen molar-refractivity contribution in [1.29, 1.82) is 0 Å². The number of H-pyrrole nitrogens is 1. The number of nitrogens with zero attached hydrogens (tertiary/aromatic N) is 1. The van der Waals surface area contributed by atoms with Crippen LogP contribution in [0.5, 0.6) is 0 Å². The third kappa shape index (κ3) is 4.23. The van der Waals surface area contributed by atoms with Gasteiger partial charge in [0.1, 0.15) is 5.69 Å². The first-order valence-electron chi connectivity index (χ1n) is 7.83. The lowest BCUT2D eigenvalue weighted by Crippen LogP contribution is -2.35. The van der Waals surface area contributed by atoms with Crippen LogP contribution in [0.15, 0.2) is 24.3 Å². The van der Waals surface area contributed by atoms with Crippen LogP contribution in [-0.4, -0.2) is 48.4 Å². The summed E-state index contributed by atoms with van der Waals surface area (Å²) in [7, 11) is 2.79. The summed E-state index contributed by atoms with van der Waals surface area (Å²) in [5.74, 6) is -1.28. The van der Waals surface area contributed by atoms with Crippen LogP contribution >= 0.6 is 11.6 Å². The van der Waals surface area contributed by atoms with E-state index in [0.29, 0.717) is 27.5 Å². The molecule has 0 unspecified atom stereocenters. The number of carbonyl (C=O) groups excluding carboxylic acids is 3. The van der Waals surface area contributed by atoms with Gasteiger partial charge in [-0.05, 0) is 37.6 Å². The van der Waals surface area contributed by atoms with Crippen LogP contribution in [-0.2, 0) is 9.53 Å². The number of esters is 1. The average molecular weight is 378 g/mol. The standard InChI is InChI=1S/C18H20ClN3O4/c1-10-15(18(25)26-4)11(2)20-16(10)17(24)22(3)9-14(23)21-13-7-5-6-12(19)8-13/h5-8,20H,9H2,1-4H3,(H,21,23). The molecule has 0 atom stereocenters. The molecular formula is C18H20ClN3O4. The number of hydrogen-bond donors (Lipinski definition) is 2. The molecule has 0 saturated heterocycles. The number of aryl methyl sites for hydroxylation is 1. The maximum atomic E-state index is 12.6. The summed E-state index contributed by atoms with van der Waals surface area (Å²) in [6.07, 6.45) is 0. The van der Waals surface area contributed by atoms with Crippen molar-refractivity contribution in [3.05, 3.63) is 51.8 Å². The highest BCUT2D eigenvalue weighted by Crippen LogP contribution is 2.20. The molecule has 1 heterocycles. The van der Waals surface area contributed by atoms with Gasteiger partial charge in [0, 0.05) is 23.5 Å². The number of halogens is 1. The maximum absolute atomic E-state index is 12.6. The molecular weight excluding hydrogens is 358 g/mol. The Morgan fingerprint density at radius 3 is 2.58 bits per heavy atom. The van der Waals surface area contributed by atoms with Crippen molar-refractivity contribution in [2.75, 3.05) is 26.0 Å². The molecule has 1 aromatic heterocycles. The second kappa shape index (κ2) is 8.05. The lowest BCUT2D eigenvalue weighted by molar-refractivity contribution is -0.116. The van der Waals surface area contributed by atoms with E-state index < -0.39 is 11.9 Å². The molecule has 0 fully saturated rings. The second-order valence-corrected chi connectivity index (χ2v) is 6.27. The molecule has 0 aliphatic rings. The van der Waals surface area contributed by atoms with E-state index in [1.807, 2.05) is 0 Å². The first kappa shape index (κ1) is 19.5. The van der Waals surface area contributed by atoms with Crippen molar-refractivity contribution in [1.82, 2.24) is 9.88 Å². The van der Waals surface area contributed by atoms with Crippen LogP contribution in [0.25, 0.3) is 0 Å². The van der Waals surface area contributed by atoms with Gasteiger partial charge in [0.2, 0.25) is 5.91 Å². The van der Waals surface area contributed by atoms with Crippen LogP contribution < -0.4 is 5.32 Å². The number of ether oxygens (including phenoxy) is 1. The molecule has 2 amide bonds. The van der Waals surface area contributed by atoms with E-state index >= 15 is 0 Å². The van der Waals surface area contributed by atoms with Gasteiger partial charge < -0.3 is 19.9 Å². The third-order valence-electron chi connectivity index (χ3n) is 3.88. The Bertz CT molecular complexity index is 860. The molecule has 0 saturated carbocycles. The normalized spacial score (nSPS) is 10.3. The first-order chi connectivity index (χ1) is 12.2. The molecule has 0 bridgehead atoms. The van der Waals surface area contributed by atoms with Crippen LogP contribution in [0, 0.1) is 13.8 Å². The van der Waals surface area contributed by atoms with E-state index in [2.05, 4.69) is 10.3 Å². The molecule has 8 heteroatoms. The van der Waals surface area contributed by atoms with E-state index in [1.54, 1.807) is 38.1 Å². The molecule has 0 aliphatic carbocycles. The molecule has 138 valence electrons. The predicted octanol–water partition coefficient (Wildman–Crippen LogP) is 2.78. The lowest BCUT2D eigenvalue weighted by Gasteiger charge is -2.16. The quantitative estimate of drug-likeness (QED) is 0.784. The Morgan fingerprint density at radius 2 is 1.96 bits per heavy atom. The highest BCUT2D eigenvalue weighted by atomic mass is 35.5. The van der Waals surface area contributed by atoms with Gasteiger partial charge in [-0.3, -0.25) is 9.59 Å². The summed E-state index contributed by atoms with van der Waals surface area (Å²) >= 11 is 5.88. The predicted molar refractivity (Wildman–Crippen MR) is 98.6 cm³/mol. The number of amides is 2. The van der Waals surface area contributed by atoms with Crippen LogP contribution in [0.4, 0.5) is 5.69 Å². The number of rotatable bonds is 5. The van der Waals surface area contributed by atoms with Crippen molar-refractivity contribution in [3.8, 4) is 0 Å². The van der Waals surface area contributed by atoms with Gasteiger partial charge in [-0.15, -0.1) is 0 Å². The van der Waals surface area contributed by atoms with E-state index in [1.165, 1.54) is 19.1 Å². The minimum atomic E-state index is -0.517. The van der Waals surface area contributed by atoms with Crippen molar-refractivity contribution in [2.45, 2.75) is 13.8 Å². The van der Waals surface area contributed by atoms with E-state index in [0.717, 1.165) is 0 Å². The molecule has 2 N–H and O–H groups in total. The minimum absolute atomic E-state index is 0.156. The monoisotopic (exact) mass is 377 g/mol. The first-order valence-corrected chi connectivity index (χ1v) is 8.20. The van der Waals surface area contributed by atoms with E-state index in [-0.39, 0.29) is 18.1 Å². The number of hydrogen-bond acceptors (Lipinski definition) is 4. The fraction of sp³-hybridized carbons (Fsp3) is 0.278. The van der Waals surface area contributed by atoms with Gasteiger partial charge in [0.05, 0.1) is 19.2 Å². The highest BCUT2D eigenvalue weighted by molar-refractivity contribution is 6.30. The van der Waals surface area contributed by atoms with Crippen molar-refractivity contribution >= 4 is 35.1 Å². The molecule has 0 radical (unpaired) electrons. The summed E-state index contributed by atoms with van der Waals surface area (Å²) < 4.78 is 4.73. The number of carbonyl (C=O) groups is 3. The molecule has 0 spiro atoms. The van der Waals surface area contributed by atoms with Gasteiger partial charge in [-0.2, -0.15) is 0 Å². The number of benzene rings is 1. The largest absolute Gasteiger partial charge is 0.465 e. The van der Waals surface area contributed by atoms with Gasteiger partial charge in [-0.25, -0.2) is 4.79 Å². The number of methoxy groups -OCH3 is 1. The summed E-state index contributed by atoms with van der Waals surface area (Å²) in [6.45, 7) is 3.18.